The molecule has 2 unspecified atom stereocenters. The molecule has 2 heterocycles. The van der Waals surface area contributed by atoms with Crippen molar-refractivity contribution in [1.29, 1.82) is 0 Å². The van der Waals surface area contributed by atoms with Gasteiger partial charge in [-0.1, -0.05) is 6.92 Å². The van der Waals surface area contributed by atoms with Gasteiger partial charge in [-0.05, 0) is 70.1 Å². The van der Waals surface area contributed by atoms with Crippen molar-refractivity contribution in [3.05, 3.63) is 0 Å². The molecule has 1 aliphatic carbocycles. The average molecular weight is 293 g/mol. The van der Waals surface area contributed by atoms with Crippen molar-refractivity contribution in [1.82, 2.24) is 15.1 Å². The fourth-order valence-electron chi connectivity index (χ4n) is 4.49. The van der Waals surface area contributed by atoms with Gasteiger partial charge in [-0.25, -0.2) is 0 Å². The van der Waals surface area contributed by atoms with Gasteiger partial charge in [0.1, 0.15) is 0 Å². The van der Waals surface area contributed by atoms with Crippen molar-refractivity contribution in [2.75, 3.05) is 46.3 Å². The lowest BCUT2D eigenvalue weighted by atomic mass is 9.91. The topological polar surface area (TPSA) is 35.6 Å². The molecule has 2 saturated heterocycles. The molecule has 0 aromatic carbocycles. The van der Waals surface area contributed by atoms with E-state index in [0.717, 1.165) is 39.1 Å². The second-order valence-electron chi connectivity index (χ2n) is 7.57. The van der Waals surface area contributed by atoms with Gasteiger partial charge in [-0.15, -0.1) is 0 Å². The molecule has 0 aromatic rings. The summed E-state index contributed by atoms with van der Waals surface area (Å²) in [6.45, 7) is 8.75. The van der Waals surface area contributed by atoms with Gasteiger partial charge >= 0.3 is 0 Å². The van der Waals surface area contributed by atoms with Gasteiger partial charge < -0.3 is 15.1 Å². The van der Waals surface area contributed by atoms with E-state index in [1.807, 2.05) is 0 Å². The number of hydrogen-bond acceptors (Lipinski definition) is 3. The fraction of sp³-hybridized carbons (Fsp3) is 0.941. The zero-order valence-corrected chi connectivity index (χ0v) is 13.7. The zero-order valence-electron chi connectivity index (χ0n) is 13.7. The minimum atomic E-state index is 0.353. The highest BCUT2D eigenvalue weighted by Gasteiger charge is 2.58. The Bertz CT molecular complexity index is 378. The molecule has 120 valence electrons. The van der Waals surface area contributed by atoms with Crippen molar-refractivity contribution in [2.24, 2.45) is 17.3 Å². The van der Waals surface area contributed by atoms with E-state index in [4.69, 9.17) is 0 Å². The molecule has 2 aliphatic heterocycles. The van der Waals surface area contributed by atoms with Gasteiger partial charge in [-0.3, -0.25) is 4.79 Å². The predicted molar refractivity (Wildman–Crippen MR) is 85.1 cm³/mol. The third kappa shape index (κ3) is 3.26. The molecule has 21 heavy (non-hydrogen) atoms. The van der Waals surface area contributed by atoms with Crippen molar-refractivity contribution in [3.63, 3.8) is 0 Å². The van der Waals surface area contributed by atoms with Crippen LogP contribution in [0.1, 0.15) is 39.0 Å². The summed E-state index contributed by atoms with van der Waals surface area (Å²) >= 11 is 0. The standard InChI is InChI=1S/C17H31N3O/c1-3-9-19(2)12-14-4-10-20(13-14)16(21)15-11-17(15)5-7-18-8-6-17/h14-15,18H,3-13H2,1-2H3. The van der Waals surface area contributed by atoms with E-state index in [-0.39, 0.29) is 0 Å². The number of likely N-dealkylation sites (tertiary alicyclic amines) is 1. The van der Waals surface area contributed by atoms with Crippen LogP contribution in [0.4, 0.5) is 0 Å². The molecule has 0 bridgehead atoms. The summed E-state index contributed by atoms with van der Waals surface area (Å²) in [5, 5.41) is 3.42. The molecule has 2 atom stereocenters. The summed E-state index contributed by atoms with van der Waals surface area (Å²) in [6, 6.07) is 0. The second-order valence-corrected chi connectivity index (χ2v) is 7.57. The lowest BCUT2D eigenvalue weighted by molar-refractivity contribution is -0.132. The van der Waals surface area contributed by atoms with Crippen LogP contribution in [0.5, 0.6) is 0 Å². The van der Waals surface area contributed by atoms with E-state index >= 15 is 0 Å². The van der Waals surface area contributed by atoms with Crippen molar-refractivity contribution >= 4 is 5.91 Å². The van der Waals surface area contributed by atoms with Crippen molar-refractivity contribution in [2.45, 2.75) is 39.0 Å². The van der Waals surface area contributed by atoms with Crippen molar-refractivity contribution < 1.29 is 4.79 Å². The Balaban J connectivity index is 1.47. The van der Waals surface area contributed by atoms with Gasteiger partial charge in [0.05, 0.1) is 0 Å². The first-order valence-corrected chi connectivity index (χ1v) is 8.83. The SMILES string of the molecule is CCCN(C)CC1CCN(C(=O)C2CC23CCNCC3)C1. The molecular weight excluding hydrogens is 262 g/mol. The van der Waals surface area contributed by atoms with Crippen LogP contribution in [0.3, 0.4) is 0 Å². The third-order valence-corrected chi connectivity index (χ3v) is 5.86. The van der Waals surface area contributed by atoms with Crippen LogP contribution in [0.2, 0.25) is 0 Å². The van der Waals surface area contributed by atoms with Crippen LogP contribution in [-0.2, 0) is 4.79 Å². The Kier molecular flexibility index (Phi) is 4.55. The highest BCUT2D eigenvalue weighted by molar-refractivity contribution is 5.83. The van der Waals surface area contributed by atoms with Crippen LogP contribution in [-0.4, -0.2) is 62.0 Å². The van der Waals surface area contributed by atoms with E-state index in [0.29, 0.717) is 23.2 Å². The number of carbonyl (C=O) groups is 1. The number of rotatable bonds is 5. The summed E-state index contributed by atoms with van der Waals surface area (Å²) in [5.41, 5.74) is 0.388. The Labute approximate surface area is 129 Å². The zero-order chi connectivity index (χ0) is 14.9. The Morgan fingerprint density at radius 2 is 2.14 bits per heavy atom. The molecule has 1 N–H and O–H groups in total. The first-order chi connectivity index (χ1) is 10.1. The monoisotopic (exact) mass is 293 g/mol. The summed E-state index contributed by atoms with van der Waals surface area (Å²) < 4.78 is 0. The first kappa shape index (κ1) is 15.3. The molecule has 3 rings (SSSR count). The highest BCUT2D eigenvalue weighted by atomic mass is 16.2. The van der Waals surface area contributed by atoms with Gasteiger partial charge in [-0.2, -0.15) is 0 Å². The van der Waals surface area contributed by atoms with E-state index in [1.165, 1.54) is 32.2 Å². The van der Waals surface area contributed by atoms with E-state index in [1.54, 1.807) is 0 Å². The maximum absolute atomic E-state index is 12.7. The molecule has 1 amide bonds. The summed E-state index contributed by atoms with van der Waals surface area (Å²) in [4.78, 5) is 17.3. The first-order valence-electron chi connectivity index (χ1n) is 8.83. The maximum atomic E-state index is 12.7. The molecule has 0 radical (unpaired) electrons. The molecule has 0 aromatic heterocycles. The van der Waals surface area contributed by atoms with Crippen LogP contribution in [0, 0.1) is 17.3 Å². The molecule has 1 spiro atoms. The van der Waals surface area contributed by atoms with E-state index in [9.17, 15) is 4.79 Å². The Morgan fingerprint density at radius 3 is 2.86 bits per heavy atom. The minimum Gasteiger partial charge on any atom is -0.342 e. The molecule has 1 saturated carbocycles. The number of nitrogens with zero attached hydrogens (tertiary/aromatic N) is 2. The lowest BCUT2D eigenvalue weighted by Gasteiger charge is -2.25. The molecule has 3 aliphatic rings. The van der Waals surface area contributed by atoms with Gasteiger partial charge in [0, 0.05) is 25.6 Å². The fourth-order valence-corrected chi connectivity index (χ4v) is 4.49. The molecule has 4 nitrogen and oxygen atoms in total. The van der Waals surface area contributed by atoms with Crippen LogP contribution < -0.4 is 5.32 Å². The van der Waals surface area contributed by atoms with Crippen molar-refractivity contribution in [3.8, 4) is 0 Å². The molecular formula is C17H31N3O. The lowest BCUT2D eigenvalue weighted by Crippen LogP contribution is -2.36. The number of hydrogen-bond donors (Lipinski definition) is 1. The summed E-state index contributed by atoms with van der Waals surface area (Å²) in [5.74, 6) is 1.51. The van der Waals surface area contributed by atoms with Gasteiger partial charge in [0.2, 0.25) is 5.91 Å². The quantitative estimate of drug-likeness (QED) is 0.836. The van der Waals surface area contributed by atoms with Gasteiger partial charge in [0.25, 0.3) is 0 Å². The molecule has 3 fully saturated rings. The van der Waals surface area contributed by atoms with Gasteiger partial charge in [0.15, 0.2) is 0 Å². The number of nitrogens with one attached hydrogen (secondary N) is 1. The largest absolute Gasteiger partial charge is 0.342 e. The third-order valence-electron chi connectivity index (χ3n) is 5.86. The summed E-state index contributed by atoms with van der Waals surface area (Å²) in [6.07, 6.45) is 5.98. The second kappa shape index (κ2) is 6.25. The number of amides is 1. The van der Waals surface area contributed by atoms with E-state index in [2.05, 4.69) is 29.1 Å². The number of piperidine rings is 1. The number of carbonyl (C=O) groups excluding carboxylic acids is 1. The van der Waals surface area contributed by atoms with E-state index < -0.39 is 0 Å². The Morgan fingerprint density at radius 1 is 1.38 bits per heavy atom. The molecule has 4 heteroatoms. The maximum Gasteiger partial charge on any atom is 0.226 e. The summed E-state index contributed by atoms with van der Waals surface area (Å²) in [7, 11) is 2.21. The smallest absolute Gasteiger partial charge is 0.226 e. The van der Waals surface area contributed by atoms with Crippen LogP contribution in [0.15, 0.2) is 0 Å². The average Bonchev–Trinajstić information content (AvgIpc) is 2.95. The van der Waals surface area contributed by atoms with Crippen LogP contribution >= 0.6 is 0 Å². The minimum absolute atomic E-state index is 0.353. The normalized spacial score (nSPS) is 31.1. The van der Waals surface area contributed by atoms with Crippen LogP contribution in [0.25, 0.3) is 0 Å². The Hall–Kier alpha value is -0.610. The highest BCUT2D eigenvalue weighted by Crippen LogP contribution is 2.59. The predicted octanol–water partition coefficient (Wildman–Crippen LogP) is 1.57.